The number of carbonyl (C=O) groups excluding carboxylic acids is 2. The second kappa shape index (κ2) is 9.59. The van der Waals surface area contributed by atoms with E-state index in [0.717, 1.165) is 22.3 Å². The van der Waals surface area contributed by atoms with E-state index in [1.165, 1.54) is 11.2 Å². The molecule has 0 spiro atoms. The van der Waals surface area contributed by atoms with E-state index in [9.17, 15) is 14.4 Å². The van der Waals surface area contributed by atoms with Crippen LogP contribution in [0.5, 0.6) is 0 Å². The van der Waals surface area contributed by atoms with Crippen molar-refractivity contribution in [3.8, 4) is 11.1 Å². The van der Waals surface area contributed by atoms with Gasteiger partial charge in [-0.25, -0.2) is 9.59 Å². The molecule has 2 amide bonds. The molecule has 3 aromatic rings. The molecule has 1 aromatic heterocycles. The minimum atomic E-state index is -1.13. The molecule has 2 N–H and O–H groups in total. The Hall–Kier alpha value is -4.18. The number of hydrogen-bond acceptors (Lipinski definition) is 7. The van der Waals surface area contributed by atoms with Gasteiger partial charge in [-0.15, -0.1) is 0 Å². The average Bonchev–Trinajstić information content (AvgIpc) is 3.48. The normalized spacial score (nSPS) is 16.9. The fourth-order valence-corrected chi connectivity index (χ4v) is 4.52. The Balaban J connectivity index is 1.19. The van der Waals surface area contributed by atoms with Crippen LogP contribution in [0.3, 0.4) is 0 Å². The molecule has 2 heterocycles. The quantitative estimate of drug-likeness (QED) is 0.554. The summed E-state index contributed by atoms with van der Waals surface area (Å²) in [4.78, 5) is 37.9. The molecule has 0 saturated carbocycles. The van der Waals surface area contributed by atoms with Crippen LogP contribution in [-0.4, -0.2) is 65.5 Å². The third kappa shape index (κ3) is 4.47. The lowest BCUT2D eigenvalue weighted by Crippen LogP contribution is -2.48. The number of morpholine rings is 1. The zero-order valence-corrected chi connectivity index (χ0v) is 18.7. The van der Waals surface area contributed by atoms with Crippen molar-refractivity contribution in [1.82, 2.24) is 15.4 Å². The number of rotatable bonds is 6. The number of carboxylic acid groups (broad SMARTS) is 1. The number of aliphatic carboxylic acids is 1. The summed E-state index contributed by atoms with van der Waals surface area (Å²) in [5.41, 5.74) is 4.86. The number of carbonyl (C=O) groups is 3. The number of nitrogens with one attached hydrogen (secondary N) is 1. The highest BCUT2D eigenvalue weighted by Gasteiger charge is 2.32. The summed E-state index contributed by atoms with van der Waals surface area (Å²) >= 11 is 0. The van der Waals surface area contributed by atoms with Gasteiger partial charge in [-0.2, -0.15) is 0 Å². The van der Waals surface area contributed by atoms with Crippen LogP contribution in [0.1, 0.15) is 33.1 Å². The van der Waals surface area contributed by atoms with Gasteiger partial charge in [0.05, 0.1) is 19.7 Å². The summed E-state index contributed by atoms with van der Waals surface area (Å²) in [6.45, 7) is 0.350. The van der Waals surface area contributed by atoms with Crippen LogP contribution in [0, 0.1) is 0 Å². The summed E-state index contributed by atoms with van der Waals surface area (Å²) in [6.07, 6.45) is -0.553. The zero-order chi connectivity index (χ0) is 24.4. The van der Waals surface area contributed by atoms with E-state index in [-0.39, 0.29) is 50.0 Å². The molecule has 0 radical (unpaired) electrons. The molecule has 1 aliphatic carbocycles. The number of nitrogens with zero attached hydrogens (tertiary/aromatic N) is 2. The van der Waals surface area contributed by atoms with Crippen LogP contribution >= 0.6 is 0 Å². The van der Waals surface area contributed by atoms with Gasteiger partial charge in [-0.05, 0) is 22.3 Å². The minimum absolute atomic E-state index is 0.0687. The summed E-state index contributed by atoms with van der Waals surface area (Å²) in [5.74, 6) is -1.64. The van der Waals surface area contributed by atoms with Gasteiger partial charge in [0.2, 0.25) is 0 Å². The van der Waals surface area contributed by atoms with Crippen LogP contribution < -0.4 is 5.32 Å². The molecule has 1 atom stereocenters. The molecule has 1 fully saturated rings. The SMILES string of the molecule is O=C(NCc1nocc1C(=O)N1CCOC(C(=O)O)C1)OCC1c2ccccc2-c2ccccc21. The predicted octanol–water partition coefficient (Wildman–Crippen LogP) is 2.64. The predicted molar refractivity (Wildman–Crippen MR) is 122 cm³/mol. The van der Waals surface area contributed by atoms with Crippen molar-refractivity contribution in [2.45, 2.75) is 18.6 Å². The first kappa shape index (κ1) is 22.6. The van der Waals surface area contributed by atoms with Gasteiger partial charge in [-0.3, -0.25) is 4.79 Å². The van der Waals surface area contributed by atoms with E-state index in [1.807, 2.05) is 36.4 Å². The maximum Gasteiger partial charge on any atom is 0.407 e. The van der Waals surface area contributed by atoms with Crippen LogP contribution in [-0.2, 0) is 20.8 Å². The molecule has 0 bridgehead atoms. The minimum Gasteiger partial charge on any atom is -0.479 e. The Labute approximate surface area is 200 Å². The molecule has 1 unspecified atom stereocenters. The molecule has 35 heavy (non-hydrogen) atoms. The average molecular weight is 477 g/mol. The Morgan fingerprint density at radius 2 is 1.77 bits per heavy atom. The standard InChI is InChI=1S/C25H23N3O7/c29-23(28-9-10-33-22(12-28)24(30)31)20-14-35-27-21(20)11-26-25(32)34-13-19-17-7-3-1-5-15(17)16-6-2-4-8-18(16)19/h1-8,14,19,22H,9-13H2,(H,26,32)(H,30,31). The van der Waals surface area contributed by atoms with E-state index < -0.39 is 24.1 Å². The highest BCUT2D eigenvalue weighted by molar-refractivity contribution is 5.95. The monoisotopic (exact) mass is 477 g/mol. The maximum absolute atomic E-state index is 12.9. The maximum atomic E-state index is 12.9. The lowest BCUT2D eigenvalue weighted by atomic mass is 9.98. The van der Waals surface area contributed by atoms with Gasteiger partial charge in [-0.1, -0.05) is 53.7 Å². The number of benzene rings is 2. The van der Waals surface area contributed by atoms with Crippen molar-refractivity contribution in [1.29, 1.82) is 0 Å². The second-order valence-corrected chi connectivity index (χ2v) is 8.30. The molecule has 10 heteroatoms. The van der Waals surface area contributed by atoms with E-state index in [2.05, 4.69) is 22.6 Å². The number of ether oxygens (including phenoxy) is 2. The lowest BCUT2D eigenvalue weighted by Gasteiger charge is -2.30. The van der Waals surface area contributed by atoms with Crippen molar-refractivity contribution >= 4 is 18.0 Å². The fraction of sp³-hybridized carbons (Fsp3) is 0.280. The zero-order valence-electron chi connectivity index (χ0n) is 18.7. The summed E-state index contributed by atoms with van der Waals surface area (Å²) in [7, 11) is 0. The van der Waals surface area contributed by atoms with Crippen LogP contribution in [0.4, 0.5) is 4.79 Å². The number of hydrogen-bond donors (Lipinski definition) is 2. The van der Waals surface area contributed by atoms with Crippen LogP contribution in [0.2, 0.25) is 0 Å². The molecular weight excluding hydrogens is 454 g/mol. The molecule has 180 valence electrons. The van der Waals surface area contributed by atoms with Crippen LogP contribution in [0.15, 0.2) is 59.3 Å². The molecule has 2 aliphatic rings. The van der Waals surface area contributed by atoms with Crippen molar-refractivity contribution in [3.05, 3.63) is 77.2 Å². The number of alkyl carbamates (subject to hydrolysis) is 1. The first-order valence-electron chi connectivity index (χ1n) is 11.2. The first-order valence-corrected chi connectivity index (χ1v) is 11.2. The smallest absolute Gasteiger partial charge is 0.407 e. The van der Waals surface area contributed by atoms with Gasteiger partial charge in [0, 0.05) is 12.5 Å². The largest absolute Gasteiger partial charge is 0.479 e. The highest BCUT2D eigenvalue weighted by atomic mass is 16.5. The molecule has 1 saturated heterocycles. The van der Waals surface area contributed by atoms with Crippen molar-refractivity contribution in [2.75, 3.05) is 26.3 Å². The second-order valence-electron chi connectivity index (χ2n) is 8.30. The molecule has 2 aromatic carbocycles. The lowest BCUT2D eigenvalue weighted by molar-refractivity contribution is -0.154. The summed E-state index contributed by atoms with van der Waals surface area (Å²) < 4.78 is 15.6. The third-order valence-electron chi connectivity index (χ3n) is 6.25. The molecule has 5 rings (SSSR count). The topological polar surface area (TPSA) is 131 Å². The van der Waals surface area contributed by atoms with E-state index in [1.54, 1.807) is 0 Å². The van der Waals surface area contributed by atoms with Gasteiger partial charge in [0.15, 0.2) is 6.10 Å². The molecule has 10 nitrogen and oxygen atoms in total. The fourth-order valence-electron chi connectivity index (χ4n) is 4.52. The number of carboxylic acids is 1. The van der Waals surface area contributed by atoms with Gasteiger partial charge >= 0.3 is 12.1 Å². The number of amides is 2. The Morgan fingerprint density at radius 3 is 2.46 bits per heavy atom. The highest BCUT2D eigenvalue weighted by Crippen LogP contribution is 2.44. The van der Waals surface area contributed by atoms with Crippen molar-refractivity contribution in [2.24, 2.45) is 0 Å². The van der Waals surface area contributed by atoms with Crippen molar-refractivity contribution in [3.63, 3.8) is 0 Å². The Kier molecular flexibility index (Phi) is 6.19. The summed E-state index contributed by atoms with van der Waals surface area (Å²) in [5, 5.41) is 15.6. The van der Waals surface area contributed by atoms with Gasteiger partial charge in [0.1, 0.15) is 24.1 Å². The first-order chi connectivity index (χ1) is 17.0. The number of aromatic nitrogens is 1. The third-order valence-corrected chi connectivity index (χ3v) is 6.25. The van der Waals surface area contributed by atoms with Gasteiger partial charge in [0.25, 0.3) is 5.91 Å². The summed E-state index contributed by atoms with van der Waals surface area (Å²) in [6, 6.07) is 16.1. The Bertz CT molecular complexity index is 1230. The van der Waals surface area contributed by atoms with Crippen molar-refractivity contribution < 1.29 is 33.5 Å². The number of fused-ring (bicyclic) bond motifs is 3. The molecular formula is C25H23N3O7. The van der Waals surface area contributed by atoms with Gasteiger partial charge < -0.3 is 29.3 Å². The van der Waals surface area contributed by atoms with Crippen LogP contribution in [0.25, 0.3) is 11.1 Å². The molecule has 1 aliphatic heterocycles. The van der Waals surface area contributed by atoms with E-state index in [0.29, 0.717) is 0 Å². The van der Waals surface area contributed by atoms with E-state index >= 15 is 0 Å². The Morgan fingerprint density at radius 1 is 1.09 bits per heavy atom. The van der Waals surface area contributed by atoms with E-state index in [4.69, 9.17) is 19.1 Å².